The lowest BCUT2D eigenvalue weighted by molar-refractivity contribution is -0.147. The number of carboxylic acids is 2. The Bertz CT molecular complexity index is 785. The lowest BCUT2D eigenvalue weighted by Gasteiger charge is -2.21. The summed E-state index contributed by atoms with van der Waals surface area (Å²) in [6.45, 7) is 0.0133. The zero-order chi connectivity index (χ0) is 24.1. The lowest BCUT2D eigenvalue weighted by atomic mass is 10.1. The molecule has 1 aromatic rings. The van der Waals surface area contributed by atoms with E-state index in [1.165, 1.54) is 12.5 Å². The zero-order valence-electron chi connectivity index (χ0n) is 17.4. The third kappa shape index (κ3) is 9.99. The highest BCUT2D eigenvalue weighted by Crippen LogP contribution is 2.02. The van der Waals surface area contributed by atoms with Gasteiger partial charge in [-0.3, -0.25) is 19.2 Å². The zero-order valence-corrected chi connectivity index (χ0v) is 17.4. The van der Waals surface area contributed by atoms with Gasteiger partial charge in [0, 0.05) is 18.3 Å². The number of rotatable bonds is 15. The second-order valence-corrected chi connectivity index (χ2v) is 7.01. The number of nitrogens with one attached hydrogen (secondary N) is 4. The Morgan fingerprint density at radius 2 is 1.78 bits per heavy atom. The van der Waals surface area contributed by atoms with Crippen molar-refractivity contribution in [2.75, 3.05) is 13.1 Å². The van der Waals surface area contributed by atoms with Crippen molar-refractivity contribution < 1.29 is 34.2 Å². The van der Waals surface area contributed by atoms with Gasteiger partial charge in [-0.2, -0.15) is 0 Å². The fraction of sp³-hybridized carbons (Fsp3) is 0.556. The smallest absolute Gasteiger partial charge is 0.326 e. The summed E-state index contributed by atoms with van der Waals surface area (Å²) in [5, 5.41) is 24.8. The van der Waals surface area contributed by atoms with Crippen LogP contribution in [0.3, 0.4) is 0 Å². The van der Waals surface area contributed by atoms with Crippen LogP contribution in [-0.4, -0.2) is 81.1 Å². The van der Waals surface area contributed by atoms with Crippen molar-refractivity contribution in [3.05, 3.63) is 18.2 Å². The molecule has 0 aliphatic rings. The number of H-pyrrole nitrogens is 1. The van der Waals surface area contributed by atoms with Crippen molar-refractivity contribution in [2.45, 2.75) is 50.2 Å². The SMILES string of the molecule is NCCCCC(N)C(=O)NCC(=O)NC(Cc1cnc[nH]1)C(=O)NC(CC(=O)O)C(=O)O. The van der Waals surface area contributed by atoms with Crippen LogP contribution >= 0.6 is 0 Å². The van der Waals surface area contributed by atoms with Gasteiger partial charge >= 0.3 is 11.9 Å². The van der Waals surface area contributed by atoms with E-state index in [2.05, 4.69) is 25.9 Å². The molecule has 0 aliphatic carbocycles. The highest BCUT2D eigenvalue weighted by molar-refractivity contribution is 5.93. The number of hydrogen-bond acceptors (Lipinski definition) is 8. The number of carbonyl (C=O) groups excluding carboxylic acids is 3. The van der Waals surface area contributed by atoms with Gasteiger partial charge in [0.15, 0.2) is 0 Å². The van der Waals surface area contributed by atoms with Crippen LogP contribution in [-0.2, 0) is 30.4 Å². The van der Waals surface area contributed by atoms with E-state index in [0.717, 1.165) is 0 Å². The molecular formula is C18H29N7O7. The number of aromatic nitrogens is 2. The van der Waals surface area contributed by atoms with Crippen LogP contribution in [0.4, 0.5) is 0 Å². The Labute approximate surface area is 183 Å². The molecule has 0 bridgehead atoms. The van der Waals surface area contributed by atoms with E-state index in [0.29, 0.717) is 31.5 Å². The van der Waals surface area contributed by atoms with Crippen molar-refractivity contribution in [2.24, 2.45) is 11.5 Å². The highest BCUT2D eigenvalue weighted by atomic mass is 16.4. The van der Waals surface area contributed by atoms with Crippen LogP contribution in [0.5, 0.6) is 0 Å². The topological polar surface area (TPSA) is 243 Å². The molecule has 3 amide bonds. The fourth-order valence-electron chi connectivity index (χ4n) is 2.66. The molecule has 0 aliphatic heterocycles. The van der Waals surface area contributed by atoms with Gasteiger partial charge in [0.2, 0.25) is 17.7 Å². The molecule has 1 rings (SSSR count). The van der Waals surface area contributed by atoms with Crippen LogP contribution < -0.4 is 27.4 Å². The Kier molecular flexibility index (Phi) is 11.4. The summed E-state index contributed by atoms with van der Waals surface area (Å²) in [5.74, 6) is -5.14. The van der Waals surface area contributed by atoms with Crippen molar-refractivity contribution in [1.82, 2.24) is 25.9 Å². The van der Waals surface area contributed by atoms with Crippen LogP contribution in [0.1, 0.15) is 31.4 Å². The molecule has 0 saturated carbocycles. The maximum Gasteiger partial charge on any atom is 0.326 e. The van der Waals surface area contributed by atoms with Gasteiger partial charge in [-0.15, -0.1) is 0 Å². The molecule has 14 heteroatoms. The number of aromatic amines is 1. The van der Waals surface area contributed by atoms with E-state index < -0.39 is 60.8 Å². The van der Waals surface area contributed by atoms with Gasteiger partial charge in [0.05, 0.1) is 25.3 Å². The Hall–Kier alpha value is -3.52. The first-order chi connectivity index (χ1) is 15.1. The van der Waals surface area contributed by atoms with Gasteiger partial charge in [-0.05, 0) is 19.4 Å². The van der Waals surface area contributed by atoms with Gasteiger partial charge < -0.3 is 42.6 Å². The predicted molar refractivity (Wildman–Crippen MR) is 110 cm³/mol. The van der Waals surface area contributed by atoms with Crippen molar-refractivity contribution in [1.29, 1.82) is 0 Å². The average molecular weight is 455 g/mol. The molecule has 0 saturated heterocycles. The largest absolute Gasteiger partial charge is 0.481 e. The van der Waals surface area contributed by atoms with Crippen LogP contribution in [0.15, 0.2) is 12.5 Å². The molecule has 14 nitrogen and oxygen atoms in total. The quantitative estimate of drug-likeness (QED) is 0.125. The summed E-state index contributed by atoms with van der Waals surface area (Å²) in [6.07, 6.45) is 3.60. The van der Waals surface area contributed by atoms with Crippen molar-refractivity contribution in [3.8, 4) is 0 Å². The van der Waals surface area contributed by atoms with E-state index in [-0.39, 0.29) is 6.42 Å². The molecule has 0 aromatic carbocycles. The van der Waals surface area contributed by atoms with Gasteiger partial charge in [-0.25, -0.2) is 9.78 Å². The molecule has 0 spiro atoms. The molecule has 1 heterocycles. The van der Waals surface area contributed by atoms with Gasteiger partial charge in [-0.1, -0.05) is 6.42 Å². The van der Waals surface area contributed by atoms with E-state index in [1.807, 2.05) is 0 Å². The number of imidazole rings is 1. The average Bonchev–Trinajstić information content (AvgIpc) is 3.23. The summed E-state index contributed by atoms with van der Waals surface area (Å²) in [4.78, 5) is 65.4. The fourth-order valence-corrected chi connectivity index (χ4v) is 2.66. The number of nitrogens with zero attached hydrogens (tertiary/aromatic N) is 1. The molecule has 0 fully saturated rings. The number of aliphatic carboxylic acids is 2. The number of unbranched alkanes of at least 4 members (excludes halogenated alkanes) is 1. The normalized spacial score (nSPS) is 13.4. The number of hydrogen-bond donors (Lipinski definition) is 8. The lowest BCUT2D eigenvalue weighted by Crippen LogP contribution is -2.54. The predicted octanol–water partition coefficient (Wildman–Crippen LogP) is -2.95. The van der Waals surface area contributed by atoms with Crippen molar-refractivity contribution in [3.63, 3.8) is 0 Å². The first kappa shape index (κ1) is 26.5. The Balaban J connectivity index is 2.72. The Morgan fingerprint density at radius 1 is 1.06 bits per heavy atom. The molecule has 3 unspecified atom stereocenters. The van der Waals surface area contributed by atoms with E-state index >= 15 is 0 Å². The van der Waals surface area contributed by atoms with Gasteiger partial charge in [0.25, 0.3) is 0 Å². The number of carbonyl (C=O) groups is 5. The van der Waals surface area contributed by atoms with E-state index in [4.69, 9.17) is 21.7 Å². The van der Waals surface area contributed by atoms with E-state index in [9.17, 15) is 24.0 Å². The molecule has 32 heavy (non-hydrogen) atoms. The summed E-state index contributed by atoms with van der Waals surface area (Å²) >= 11 is 0. The maximum absolute atomic E-state index is 12.6. The minimum absolute atomic E-state index is 0.0798. The number of carboxylic acid groups (broad SMARTS) is 2. The van der Waals surface area contributed by atoms with Crippen LogP contribution in [0.2, 0.25) is 0 Å². The summed E-state index contributed by atoms with van der Waals surface area (Å²) < 4.78 is 0. The highest BCUT2D eigenvalue weighted by Gasteiger charge is 2.28. The summed E-state index contributed by atoms with van der Waals surface area (Å²) in [7, 11) is 0. The second kappa shape index (κ2) is 13.7. The third-order valence-corrected chi connectivity index (χ3v) is 4.35. The van der Waals surface area contributed by atoms with Crippen LogP contribution in [0.25, 0.3) is 0 Å². The second-order valence-electron chi connectivity index (χ2n) is 7.01. The number of nitrogens with two attached hydrogens (primary N) is 2. The molecule has 0 radical (unpaired) electrons. The molecule has 178 valence electrons. The number of amides is 3. The Morgan fingerprint density at radius 3 is 2.34 bits per heavy atom. The maximum atomic E-state index is 12.6. The third-order valence-electron chi connectivity index (χ3n) is 4.35. The first-order valence-electron chi connectivity index (χ1n) is 9.89. The van der Waals surface area contributed by atoms with Crippen molar-refractivity contribution >= 4 is 29.7 Å². The van der Waals surface area contributed by atoms with E-state index in [1.54, 1.807) is 0 Å². The molecule has 3 atom stereocenters. The molecular weight excluding hydrogens is 426 g/mol. The monoisotopic (exact) mass is 455 g/mol. The molecule has 1 aromatic heterocycles. The summed E-state index contributed by atoms with van der Waals surface area (Å²) in [6, 6.07) is -3.76. The summed E-state index contributed by atoms with van der Waals surface area (Å²) in [5.41, 5.74) is 11.6. The standard InChI is InChI=1S/C18H29N7O7/c19-4-2-1-3-11(20)16(29)22-8-14(26)24-12(5-10-7-21-9-23-10)17(30)25-13(18(31)32)6-15(27)28/h7,9,11-13H,1-6,8,19-20H2,(H,21,23)(H,22,29)(H,24,26)(H,25,30)(H,27,28)(H,31,32). The van der Waals surface area contributed by atoms with Gasteiger partial charge in [0.1, 0.15) is 12.1 Å². The minimum Gasteiger partial charge on any atom is -0.481 e. The molecule has 10 N–H and O–H groups in total. The van der Waals surface area contributed by atoms with Crippen LogP contribution in [0, 0.1) is 0 Å². The first-order valence-corrected chi connectivity index (χ1v) is 9.89. The minimum atomic E-state index is -1.69.